The molecule has 104 valence electrons. The third-order valence-electron chi connectivity index (χ3n) is 2.91. The number of aliphatic carboxylic acids is 1. The maximum atomic E-state index is 12.1. The van der Waals surface area contributed by atoms with E-state index in [1.807, 2.05) is 6.08 Å². The second-order valence-electron chi connectivity index (χ2n) is 4.22. The number of hydrogen-bond donors (Lipinski definition) is 2. The highest BCUT2D eigenvalue weighted by Crippen LogP contribution is 2.18. The van der Waals surface area contributed by atoms with E-state index in [9.17, 15) is 9.59 Å². The van der Waals surface area contributed by atoms with Gasteiger partial charge in [-0.15, -0.1) is 11.6 Å². The Morgan fingerprint density at radius 1 is 1.37 bits per heavy atom. The number of amides is 1. The summed E-state index contributed by atoms with van der Waals surface area (Å²) in [6.07, 6.45) is 6.63. The second-order valence-corrected chi connectivity index (χ2v) is 4.78. The minimum absolute atomic E-state index is 0.139. The van der Waals surface area contributed by atoms with Gasteiger partial charge < -0.3 is 10.4 Å². The third-order valence-corrected chi connectivity index (χ3v) is 3.21. The van der Waals surface area contributed by atoms with Crippen LogP contribution < -0.4 is 5.32 Å². The molecule has 1 aliphatic carbocycles. The zero-order valence-corrected chi connectivity index (χ0v) is 11.8. The van der Waals surface area contributed by atoms with Crippen molar-refractivity contribution in [2.75, 3.05) is 0 Å². The van der Waals surface area contributed by atoms with Crippen LogP contribution in [0.3, 0.4) is 0 Å². The first-order valence-electron chi connectivity index (χ1n) is 6.27. The Bertz CT molecular complexity index is 463. The predicted octanol–water partition coefficient (Wildman–Crippen LogP) is 2.76. The lowest BCUT2D eigenvalue weighted by Gasteiger charge is -2.16. The number of carboxylic acids is 1. The second kappa shape index (κ2) is 7.14. The topological polar surface area (TPSA) is 66.4 Å². The molecule has 0 spiro atoms. The third kappa shape index (κ3) is 4.24. The molecule has 1 rings (SSSR count). The van der Waals surface area contributed by atoms with Crippen LogP contribution in [0.2, 0.25) is 0 Å². The van der Waals surface area contributed by atoms with E-state index in [0.717, 1.165) is 0 Å². The standard InChI is InChI=1S/C14H18ClNO3/c1-3-11(12(4-2)14(18)19)13(17)16-10-7-5-6-9(15)8-10/h5-7,9H,3-4,8H2,1-2H3,(H,16,17)(H,18,19)/b12-11-. The van der Waals surface area contributed by atoms with E-state index in [1.165, 1.54) is 0 Å². The zero-order chi connectivity index (χ0) is 14.4. The fourth-order valence-corrected chi connectivity index (χ4v) is 2.21. The molecule has 5 heteroatoms. The summed E-state index contributed by atoms with van der Waals surface area (Å²) in [6.45, 7) is 3.50. The Kier molecular flexibility index (Phi) is 5.83. The molecule has 1 unspecified atom stereocenters. The van der Waals surface area contributed by atoms with Crippen molar-refractivity contribution in [2.24, 2.45) is 0 Å². The molecular formula is C14H18ClNO3. The number of nitrogens with one attached hydrogen (secondary N) is 1. The molecule has 0 fully saturated rings. The van der Waals surface area contributed by atoms with Crippen molar-refractivity contribution in [1.29, 1.82) is 0 Å². The lowest BCUT2D eigenvalue weighted by atomic mass is 10.0. The average Bonchev–Trinajstić information content (AvgIpc) is 2.34. The van der Waals surface area contributed by atoms with Gasteiger partial charge in [0.05, 0.1) is 5.38 Å². The normalized spacial score (nSPS) is 19.5. The van der Waals surface area contributed by atoms with Crippen LogP contribution in [0.15, 0.2) is 35.1 Å². The molecule has 0 bridgehead atoms. The molecule has 0 saturated heterocycles. The number of hydrogen-bond acceptors (Lipinski definition) is 2. The number of allylic oxidation sites excluding steroid dienone is 4. The Balaban J connectivity index is 2.89. The molecule has 1 atom stereocenters. The van der Waals surface area contributed by atoms with Gasteiger partial charge in [0.2, 0.25) is 0 Å². The summed E-state index contributed by atoms with van der Waals surface area (Å²) in [5, 5.41) is 11.7. The Hall–Kier alpha value is -1.55. The van der Waals surface area contributed by atoms with E-state index in [1.54, 1.807) is 26.0 Å². The maximum Gasteiger partial charge on any atom is 0.332 e. The number of alkyl halides is 1. The molecule has 19 heavy (non-hydrogen) atoms. The average molecular weight is 284 g/mol. The Labute approximate surface area is 117 Å². The molecule has 0 aliphatic heterocycles. The van der Waals surface area contributed by atoms with Gasteiger partial charge in [0.1, 0.15) is 0 Å². The van der Waals surface area contributed by atoms with Gasteiger partial charge in [-0.2, -0.15) is 0 Å². The molecule has 2 N–H and O–H groups in total. The summed E-state index contributed by atoms with van der Waals surface area (Å²) < 4.78 is 0. The van der Waals surface area contributed by atoms with Crippen molar-refractivity contribution >= 4 is 23.5 Å². The van der Waals surface area contributed by atoms with Crippen molar-refractivity contribution in [2.45, 2.75) is 38.5 Å². The highest BCUT2D eigenvalue weighted by molar-refractivity contribution is 6.22. The van der Waals surface area contributed by atoms with Crippen LogP contribution >= 0.6 is 11.6 Å². The predicted molar refractivity (Wildman–Crippen MR) is 74.9 cm³/mol. The number of carboxylic acid groups (broad SMARTS) is 1. The minimum atomic E-state index is -1.04. The summed E-state index contributed by atoms with van der Waals surface area (Å²) in [7, 11) is 0. The van der Waals surface area contributed by atoms with Crippen molar-refractivity contribution in [3.63, 3.8) is 0 Å². The molecule has 0 radical (unpaired) electrons. The monoisotopic (exact) mass is 283 g/mol. The summed E-state index contributed by atoms with van der Waals surface area (Å²) in [5.74, 6) is -1.39. The van der Waals surface area contributed by atoms with Crippen molar-refractivity contribution in [3.05, 3.63) is 35.1 Å². The molecule has 1 aliphatic rings. The van der Waals surface area contributed by atoms with Crippen LogP contribution in [0.1, 0.15) is 33.1 Å². The highest BCUT2D eigenvalue weighted by Gasteiger charge is 2.19. The van der Waals surface area contributed by atoms with Gasteiger partial charge in [-0.3, -0.25) is 4.79 Å². The lowest BCUT2D eigenvalue weighted by Crippen LogP contribution is -2.28. The quantitative estimate of drug-likeness (QED) is 0.602. The maximum absolute atomic E-state index is 12.1. The van der Waals surface area contributed by atoms with Gasteiger partial charge in [-0.25, -0.2) is 4.79 Å². The number of carbonyl (C=O) groups excluding carboxylic acids is 1. The largest absolute Gasteiger partial charge is 0.478 e. The van der Waals surface area contributed by atoms with Gasteiger partial charge in [-0.05, 0) is 18.9 Å². The van der Waals surface area contributed by atoms with Crippen LogP contribution in [0.25, 0.3) is 0 Å². The number of carbonyl (C=O) groups is 2. The van der Waals surface area contributed by atoms with Crippen LogP contribution in [0.5, 0.6) is 0 Å². The highest BCUT2D eigenvalue weighted by atomic mass is 35.5. The van der Waals surface area contributed by atoms with E-state index in [-0.39, 0.29) is 16.9 Å². The fourth-order valence-electron chi connectivity index (χ4n) is 1.96. The van der Waals surface area contributed by atoms with Crippen LogP contribution in [-0.4, -0.2) is 22.4 Å². The minimum Gasteiger partial charge on any atom is -0.478 e. The Morgan fingerprint density at radius 3 is 2.47 bits per heavy atom. The van der Waals surface area contributed by atoms with Gasteiger partial charge in [0.15, 0.2) is 0 Å². The first kappa shape index (κ1) is 15.5. The molecule has 0 aromatic heterocycles. The molecule has 0 aromatic carbocycles. The van der Waals surface area contributed by atoms with Gasteiger partial charge >= 0.3 is 5.97 Å². The molecule has 0 heterocycles. The van der Waals surface area contributed by atoms with Gasteiger partial charge in [0, 0.05) is 23.3 Å². The van der Waals surface area contributed by atoms with E-state index >= 15 is 0 Å². The first-order chi connectivity index (χ1) is 8.99. The summed E-state index contributed by atoms with van der Waals surface area (Å²) in [6, 6.07) is 0. The summed E-state index contributed by atoms with van der Waals surface area (Å²) in [5.41, 5.74) is 1.19. The molecular weight excluding hydrogens is 266 g/mol. The van der Waals surface area contributed by atoms with Crippen molar-refractivity contribution < 1.29 is 14.7 Å². The number of rotatable bonds is 5. The van der Waals surface area contributed by atoms with Crippen LogP contribution in [-0.2, 0) is 9.59 Å². The number of halogens is 1. The van der Waals surface area contributed by atoms with E-state index < -0.39 is 5.97 Å². The van der Waals surface area contributed by atoms with Gasteiger partial charge in [0.25, 0.3) is 5.91 Å². The van der Waals surface area contributed by atoms with E-state index in [0.29, 0.717) is 30.5 Å². The molecule has 0 aromatic rings. The SMILES string of the molecule is CC/C(C(=O)O)=C(\CC)C(=O)NC1=CC=CC(Cl)C1. The Morgan fingerprint density at radius 2 is 2.00 bits per heavy atom. The fraction of sp³-hybridized carbons (Fsp3) is 0.429. The van der Waals surface area contributed by atoms with Crippen LogP contribution in [0.4, 0.5) is 0 Å². The molecule has 0 saturated carbocycles. The lowest BCUT2D eigenvalue weighted by molar-refractivity contribution is -0.133. The molecule has 1 amide bonds. The smallest absolute Gasteiger partial charge is 0.332 e. The van der Waals surface area contributed by atoms with Crippen molar-refractivity contribution in [1.82, 2.24) is 5.32 Å². The summed E-state index contributed by atoms with van der Waals surface area (Å²) >= 11 is 5.96. The summed E-state index contributed by atoms with van der Waals surface area (Å²) in [4.78, 5) is 23.2. The molecule has 4 nitrogen and oxygen atoms in total. The van der Waals surface area contributed by atoms with Crippen molar-refractivity contribution in [3.8, 4) is 0 Å². The van der Waals surface area contributed by atoms with E-state index in [4.69, 9.17) is 16.7 Å². The zero-order valence-electron chi connectivity index (χ0n) is 11.1. The van der Waals surface area contributed by atoms with Crippen LogP contribution in [0, 0.1) is 0 Å². The first-order valence-corrected chi connectivity index (χ1v) is 6.71. The van der Waals surface area contributed by atoms with E-state index in [2.05, 4.69) is 5.32 Å². The van der Waals surface area contributed by atoms with Gasteiger partial charge in [-0.1, -0.05) is 26.0 Å².